The molecular weight excluding hydrogens is 306 g/mol. The number of rotatable bonds is 5. The molecule has 116 valence electrons. The van der Waals surface area contributed by atoms with Gasteiger partial charge in [0.15, 0.2) is 0 Å². The maximum atomic E-state index is 11.9. The van der Waals surface area contributed by atoms with E-state index in [1.54, 1.807) is 11.3 Å². The number of ether oxygens (including phenoxy) is 1. The number of benzene rings is 2. The van der Waals surface area contributed by atoms with Gasteiger partial charge in [0.2, 0.25) is 5.91 Å². The lowest BCUT2D eigenvalue weighted by Crippen LogP contribution is -2.13. The molecule has 0 aliphatic rings. The highest BCUT2D eigenvalue weighted by atomic mass is 32.1. The predicted molar refractivity (Wildman–Crippen MR) is 94.3 cm³/mol. The molecule has 23 heavy (non-hydrogen) atoms. The Morgan fingerprint density at radius 1 is 1.00 bits per heavy atom. The molecule has 1 amide bonds. The van der Waals surface area contributed by atoms with Crippen molar-refractivity contribution in [3.8, 4) is 11.5 Å². The van der Waals surface area contributed by atoms with E-state index in [-0.39, 0.29) is 5.91 Å². The molecule has 0 fully saturated rings. The van der Waals surface area contributed by atoms with Crippen LogP contribution in [0.1, 0.15) is 11.1 Å². The second kappa shape index (κ2) is 7.11. The smallest absolute Gasteiger partial charge is 0.228 e. The van der Waals surface area contributed by atoms with Crippen molar-refractivity contribution in [2.45, 2.75) is 13.3 Å². The van der Waals surface area contributed by atoms with Crippen molar-refractivity contribution < 1.29 is 9.53 Å². The van der Waals surface area contributed by atoms with Crippen molar-refractivity contribution in [2.24, 2.45) is 0 Å². The third kappa shape index (κ3) is 4.44. The van der Waals surface area contributed by atoms with Crippen LogP contribution in [0.15, 0.2) is 65.4 Å². The van der Waals surface area contributed by atoms with Crippen LogP contribution in [0.4, 0.5) is 5.69 Å². The number of amides is 1. The first-order chi connectivity index (χ1) is 11.2. The summed E-state index contributed by atoms with van der Waals surface area (Å²) in [6.07, 6.45) is 0.394. The molecule has 3 nitrogen and oxygen atoms in total. The Morgan fingerprint density at radius 3 is 2.26 bits per heavy atom. The van der Waals surface area contributed by atoms with Crippen molar-refractivity contribution >= 4 is 22.9 Å². The summed E-state index contributed by atoms with van der Waals surface area (Å²) in [6.45, 7) is 2.04. The van der Waals surface area contributed by atoms with Crippen LogP contribution in [-0.4, -0.2) is 5.91 Å². The zero-order valence-electron chi connectivity index (χ0n) is 12.8. The zero-order valence-corrected chi connectivity index (χ0v) is 13.6. The summed E-state index contributed by atoms with van der Waals surface area (Å²) in [4.78, 5) is 11.9. The number of hydrogen-bond acceptors (Lipinski definition) is 3. The molecule has 0 spiro atoms. The fourth-order valence-electron chi connectivity index (χ4n) is 2.13. The van der Waals surface area contributed by atoms with E-state index in [1.807, 2.05) is 72.3 Å². The van der Waals surface area contributed by atoms with E-state index in [0.29, 0.717) is 6.42 Å². The summed E-state index contributed by atoms with van der Waals surface area (Å²) in [7, 11) is 0. The SMILES string of the molecule is Cc1ccc(Oc2ccc(NC(=O)Cc3ccsc3)cc2)cc1. The van der Waals surface area contributed by atoms with E-state index in [0.717, 1.165) is 22.7 Å². The highest BCUT2D eigenvalue weighted by Crippen LogP contribution is 2.23. The summed E-state index contributed by atoms with van der Waals surface area (Å²) < 4.78 is 5.77. The number of carbonyl (C=O) groups excluding carboxylic acids is 1. The molecule has 1 aromatic heterocycles. The fraction of sp³-hybridized carbons (Fsp3) is 0.105. The molecule has 0 aliphatic heterocycles. The van der Waals surface area contributed by atoms with Gasteiger partial charge < -0.3 is 10.1 Å². The van der Waals surface area contributed by atoms with Crippen LogP contribution >= 0.6 is 11.3 Å². The Hall–Kier alpha value is -2.59. The Balaban J connectivity index is 1.58. The molecule has 1 N–H and O–H groups in total. The average Bonchev–Trinajstić information content (AvgIpc) is 3.04. The minimum absolute atomic E-state index is 0.0180. The van der Waals surface area contributed by atoms with Crippen molar-refractivity contribution in [1.82, 2.24) is 0 Å². The molecule has 0 bridgehead atoms. The van der Waals surface area contributed by atoms with E-state index < -0.39 is 0 Å². The minimum Gasteiger partial charge on any atom is -0.457 e. The fourth-order valence-corrected chi connectivity index (χ4v) is 2.80. The molecule has 4 heteroatoms. The molecule has 0 saturated carbocycles. The topological polar surface area (TPSA) is 38.3 Å². The minimum atomic E-state index is -0.0180. The van der Waals surface area contributed by atoms with Gasteiger partial charge in [0, 0.05) is 5.69 Å². The maximum Gasteiger partial charge on any atom is 0.228 e. The normalized spacial score (nSPS) is 10.3. The Labute approximate surface area is 139 Å². The molecule has 0 aliphatic carbocycles. The lowest BCUT2D eigenvalue weighted by atomic mass is 10.2. The Bertz CT molecular complexity index is 762. The van der Waals surface area contributed by atoms with Gasteiger partial charge in [-0.15, -0.1) is 0 Å². The zero-order chi connectivity index (χ0) is 16.1. The molecule has 0 radical (unpaired) electrons. The second-order valence-corrected chi connectivity index (χ2v) is 6.08. The Morgan fingerprint density at radius 2 is 1.65 bits per heavy atom. The first-order valence-corrected chi connectivity index (χ1v) is 8.29. The maximum absolute atomic E-state index is 11.9. The van der Waals surface area contributed by atoms with Gasteiger partial charge in [-0.1, -0.05) is 17.7 Å². The van der Waals surface area contributed by atoms with Crippen LogP contribution in [0.25, 0.3) is 0 Å². The first-order valence-electron chi connectivity index (χ1n) is 7.34. The number of aryl methyl sites for hydroxylation is 1. The van der Waals surface area contributed by atoms with Gasteiger partial charge in [-0.3, -0.25) is 4.79 Å². The van der Waals surface area contributed by atoms with Gasteiger partial charge in [-0.2, -0.15) is 11.3 Å². The molecule has 2 aromatic carbocycles. The van der Waals surface area contributed by atoms with Gasteiger partial charge in [-0.25, -0.2) is 0 Å². The van der Waals surface area contributed by atoms with Crippen molar-refractivity contribution in [3.05, 3.63) is 76.5 Å². The van der Waals surface area contributed by atoms with Crippen molar-refractivity contribution in [3.63, 3.8) is 0 Å². The highest BCUT2D eigenvalue weighted by Gasteiger charge is 2.05. The van der Waals surface area contributed by atoms with Gasteiger partial charge >= 0.3 is 0 Å². The number of nitrogens with one attached hydrogen (secondary N) is 1. The van der Waals surface area contributed by atoms with Crippen LogP contribution in [0.5, 0.6) is 11.5 Å². The Kier molecular flexibility index (Phi) is 4.74. The second-order valence-electron chi connectivity index (χ2n) is 5.30. The molecule has 0 saturated heterocycles. The molecule has 3 rings (SSSR count). The van der Waals surface area contributed by atoms with E-state index in [4.69, 9.17) is 4.74 Å². The van der Waals surface area contributed by atoms with Gasteiger partial charge in [0.25, 0.3) is 0 Å². The molecule has 3 aromatic rings. The van der Waals surface area contributed by atoms with Crippen LogP contribution in [0.2, 0.25) is 0 Å². The number of thiophene rings is 1. The van der Waals surface area contributed by atoms with Crippen LogP contribution in [0.3, 0.4) is 0 Å². The van der Waals surface area contributed by atoms with E-state index >= 15 is 0 Å². The predicted octanol–water partition coefficient (Wildman–Crippen LogP) is 5.03. The summed E-state index contributed by atoms with van der Waals surface area (Å²) in [5, 5.41) is 6.85. The van der Waals surface area contributed by atoms with Crippen LogP contribution in [0, 0.1) is 6.92 Å². The third-order valence-electron chi connectivity index (χ3n) is 3.34. The van der Waals surface area contributed by atoms with Gasteiger partial charge in [0.1, 0.15) is 11.5 Å². The average molecular weight is 323 g/mol. The number of hydrogen-bond donors (Lipinski definition) is 1. The first kappa shape index (κ1) is 15.3. The van der Waals surface area contributed by atoms with E-state index in [1.165, 1.54) is 5.56 Å². The van der Waals surface area contributed by atoms with Crippen molar-refractivity contribution in [1.29, 1.82) is 0 Å². The monoisotopic (exact) mass is 323 g/mol. The highest BCUT2D eigenvalue weighted by molar-refractivity contribution is 7.08. The van der Waals surface area contributed by atoms with Gasteiger partial charge in [-0.05, 0) is 65.7 Å². The van der Waals surface area contributed by atoms with Gasteiger partial charge in [0.05, 0.1) is 6.42 Å². The van der Waals surface area contributed by atoms with E-state index in [9.17, 15) is 4.79 Å². The van der Waals surface area contributed by atoms with Crippen molar-refractivity contribution in [2.75, 3.05) is 5.32 Å². The summed E-state index contributed by atoms with van der Waals surface area (Å²) in [5.41, 5.74) is 2.99. The number of anilines is 1. The summed E-state index contributed by atoms with van der Waals surface area (Å²) >= 11 is 1.60. The quantitative estimate of drug-likeness (QED) is 0.715. The summed E-state index contributed by atoms with van der Waals surface area (Å²) in [5.74, 6) is 1.52. The molecule has 0 unspecified atom stereocenters. The van der Waals surface area contributed by atoms with Crippen LogP contribution in [-0.2, 0) is 11.2 Å². The molecular formula is C19H17NO2S. The molecule has 1 heterocycles. The molecule has 0 atom stereocenters. The summed E-state index contributed by atoms with van der Waals surface area (Å²) in [6, 6.07) is 17.2. The lowest BCUT2D eigenvalue weighted by molar-refractivity contribution is -0.115. The lowest BCUT2D eigenvalue weighted by Gasteiger charge is -2.08. The number of carbonyl (C=O) groups is 1. The largest absolute Gasteiger partial charge is 0.457 e. The standard InChI is InChI=1S/C19H17NO2S/c1-14-2-6-17(7-3-14)22-18-8-4-16(5-9-18)20-19(21)12-15-10-11-23-13-15/h2-11,13H,12H2,1H3,(H,20,21). The van der Waals surface area contributed by atoms with Crippen LogP contribution < -0.4 is 10.1 Å². The third-order valence-corrected chi connectivity index (χ3v) is 4.07. The van der Waals surface area contributed by atoms with E-state index in [2.05, 4.69) is 5.32 Å².